The Hall–Kier alpha value is -1.92. The lowest BCUT2D eigenvalue weighted by molar-refractivity contribution is 0.390. The Kier molecular flexibility index (Phi) is 3.65. The smallest absolute Gasteiger partial charge is 0.262 e. The molecule has 0 radical (unpaired) electrons. The van der Waals surface area contributed by atoms with Gasteiger partial charge in [0.1, 0.15) is 0 Å². The van der Waals surface area contributed by atoms with Gasteiger partial charge < -0.3 is 5.32 Å². The summed E-state index contributed by atoms with van der Waals surface area (Å²) in [4.78, 5) is 4.06. The molecule has 5 nitrogen and oxygen atoms in total. The fourth-order valence-electron chi connectivity index (χ4n) is 2.58. The summed E-state index contributed by atoms with van der Waals surface area (Å²) < 4.78 is 27.1. The van der Waals surface area contributed by atoms with Crippen molar-refractivity contribution in [1.29, 1.82) is 0 Å². The maximum Gasteiger partial charge on any atom is 0.262 e. The molecule has 0 spiro atoms. The number of pyridine rings is 1. The van der Waals surface area contributed by atoms with Crippen molar-refractivity contribution in [1.82, 2.24) is 9.29 Å². The number of hydrogen-bond donors (Lipinski definition) is 1. The van der Waals surface area contributed by atoms with Crippen LogP contribution in [-0.2, 0) is 23.0 Å². The second kappa shape index (κ2) is 5.46. The van der Waals surface area contributed by atoms with Gasteiger partial charge in [0, 0.05) is 26.3 Å². The van der Waals surface area contributed by atoms with Gasteiger partial charge >= 0.3 is 0 Å². The highest BCUT2D eigenvalue weighted by Crippen LogP contribution is 2.27. The van der Waals surface area contributed by atoms with E-state index in [1.165, 1.54) is 16.1 Å². The van der Waals surface area contributed by atoms with Crippen LogP contribution in [0.25, 0.3) is 0 Å². The third-order valence-electron chi connectivity index (χ3n) is 3.72. The summed E-state index contributed by atoms with van der Waals surface area (Å²) >= 11 is 0. The summed E-state index contributed by atoms with van der Waals surface area (Å²) in [7, 11) is -1.89. The van der Waals surface area contributed by atoms with Crippen molar-refractivity contribution < 1.29 is 8.42 Å². The lowest BCUT2D eigenvalue weighted by Gasteiger charge is -2.28. The highest BCUT2D eigenvalue weighted by atomic mass is 32.2. The van der Waals surface area contributed by atoms with E-state index in [0.29, 0.717) is 18.8 Å². The van der Waals surface area contributed by atoms with Crippen LogP contribution in [0.3, 0.4) is 0 Å². The zero-order chi connectivity index (χ0) is 14.9. The molecule has 1 aliphatic heterocycles. The van der Waals surface area contributed by atoms with Crippen molar-refractivity contribution in [2.45, 2.75) is 18.0 Å². The molecule has 21 heavy (non-hydrogen) atoms. The van der Waals surface area contributed by atoms with E-state index < -0.39 is 10.0 Å². The summed E-state index contributed by atoms with van der Waals surface area (Å²) in [5.74, 6) is 0. The molecule has 0 saturated heterocycles. The second-order valence-corrected chi connectivity index (χ2v) is 6.82. The SMILES string of the molecule is CNc1cccnc1S(=O)(=O)N1CCc2ccccc2C1. The Morgan fingerprint density at radius 2 is 1.90 bits per heavy atom. The first-order valence-electron chi connectivity index (χ1n) is 6.82. The van der Waals surface area contributed by atoms with Gasteiger partial charge in [-0.2, -0.15) is 4.31 Å². The van der Waals surface area contributed by atoms with Gasteiger partial charge in [-0.3, -0.25) is 0 Å². The molecular weight excluding hydrogens is 286 g/mol. The molecule has 0 fully saturated rings. The minimum absolute atomic E-state index is 0.0897. The van der Waals surface area contributed by atoms with Crippen molar-refractivity contribution in [2.75, 3.05) is 18.9 Å². The molecule has 1 N–H and O–H groups in total. The molecule has 6 heteroatoms. The minimum Gasteiger partial charge on any atom is -0.386 e. The van der Waals surface area contributed by atoms with Gasteiger partial charge in [0.25, 0.3) is 10.0 Å². The Balaban J connectivity index is 1.97. The Bertz CT molecular complexity index is 759. The number of benzene rings is 1. The number of nitrogens with one attached hydrogen (secondary N) is 1. The minimum atomic E-state index is -3.59. The predicted molar refractivity (Wildman–Crippen MR) is 81.5 cm³/mol. The van der Waals surface area contributed by atoms with Crippen LogP contribution >= 0.6 is 0 Å². The average Bonchev–Trinajstić information content (AvgIpc) is 2.54. The molecule has 1 aliphatic rings. The Labute approximate surface area is 124 Å². The monoisotopic (exact) mass is 303 g/mol. The summed E-state index contributed by atoms with van der Waals surface area (Å²) in [5.41, 5.74) is 2.81. The van der Waals surface area contributed by atoms with E-state index in [0.717, 1.165) is 12.0 Å². The number of aromatic nitrogens is 1. The fraction of sp³-hybridized carbons (Fsp3) is 0.267. The number of nitrogens with zero attached hydrogens (tertiary/aromatic N) is 2. The molecule has 0 aliphatic carbocycles. The van der Waals surface area contributed by atoms with Crippen molar-refractivity contribution >= 4 is 15.7 Å². The normalized spacial score (nSPS) is 15.5. The van der Waals surface area contributed by atoms with E-state index in [2.05, 4.69) is 16.4 Å². The third-order valence-corrected chi connectivity index (χ3v) is 5.53. The fourth-order valence-corrected chi connectivity index (χ4v) is 4.11. The van der Waals surface area contributed by atoms with Crippen LogP contribution in [0.1, 0.15) is 11.1 Å². The average molecular weight is 303 g/mol. The van der Waals surface area contributed by atoms with Gasteiger partial charge in [0.2, 0.25) is 0 Å². The maximum atomic E-state index is 12.8. The number of anilines is 1. The molecule has 1 aromatic heterocycles. The van der Waals surface area contributed by atoms with Crippen LogP contribution in [0.5, 0.6) is 0 Å². The van der Waals surface area contributed by atoms with E-state index >= 15 is 0 Å². The predicted octanol–water partition coefficient (Wildman–Crippen LogP) is 1.87. The molecular formula is C15H17N3O2S. The van der Waals surface area contributed by atoms with Gasteiger partial charge in [-0.05, 0) is 29.7 Å². The second-order valence-electron chi connectivity index (χ2n) is 4.96. The topological polar surface area (TPSA) is 62.3 Å². The van der Waals surface area contributed by atoms with Crippen molar-refractivity contribution in [3.63, 3.8) is 0 Å². The Morgan fingerprint density at radius 1 is 1.14 bits per heavy atom. The standard InChI is InChI=1S/C15H17N3O2S/c1-16-14-7-4-9-17-15(14)21(19,20)18-10-8-12-5-2-3-6-13(12)11-18/h2-7,9,16H,8,10-11H2,1H3. The molecule has 0 amide bonds. The van der Waals surface area contributed by atoms with Gasteiger partial charge in [-0.15, -0.1) is 0 Å². The molecule has 1 aromatic carbocycles. The van der Waals surface area contributed by atoms with E-state index in [1.807, 2.05) is 18.2 Å². The largest absolute Gasteiger partial charge is 0.386 e. The van der Waals surface area contributed by atoms with Gasteiger partial charge in [0.15, 0.2) is 5.03 Å². The molecule has 3 rings (SSSR count). The number of hydrogen-bond acceptors (Lipinski definition) is 4. The quantitative estimate of drug-likeness (QED) is 0.940. The van der Waals surface area contributed by atoms with Crippen LogP contribution in [0, 0.1) is 0 Å². The first-order valence-corrected chi connectivity index (χ1v) is 8.26. The molecule has 0 bridgehead atoms. The van der Waals surface area contributed by atoms with Gasteiger partial charge in [-0.1, -0.05) is 24.3 Å². The van der Waals surface area contributed by atoms with Crippen molar-refractivity contribution in [3.05, 3.63) is 53.7 Å². The summed E-state index contributed by atoms with van der Waals surface area (Å²) in [6.07, 6.45) is 2.24. The first kappa shape index (κ1) is 14.0. The molecule has 2 aromatic rings. The van der Waals surface area contributed by atoms with Crippen molar-refractivity contribution in [3.8, 4) is 0 Å². The van der Waals surface area contributed by atoms with Crippen LogP contribution in [0.4, 0.5) is 5.69 Å². The number of fused-ring (bicyclic) bond motifs is 1. The molecule has 110 valence electrons. The van der Waals surface area contributed by atoms with Crippen LogP contribution in [0.2, 0.25) is 0 Å². The summed E-state index contributed by atoms with van der Waals surface area (Å²) in [6, 6.07) is 11.4. The maximum absolute atomic E-state index is 12.8. The zero-order valence-corrected chi connectivity index (χ0v) is 12.6. The molecule has 0 atom stereocenters. The van der Waals surface area contributed by atoms with E-state index in [4.69, 9.17) is 0 Å². The van der Waals surface area contributed by atoms with Crippen molar-refractivity contribution in [2.24, 2.45) is 0 Å². The van der Waals surface area contributed by atoms with Gasteiger partial charge in [0.05, 0.1) is 5.69 Å². The van der Waals surface area contributed by atoms with Crippen LogP contribution in [0.15, 0.2) is 47.6 Å². The van der Waals surface area contributed by atoms with Gasteiger partial charge in [-0.25, -0.2) is 13.4 Å². The first-order chi connectivity index (χ1) is 10.1. The summed E-state index contributed by atoms with van der Waals surface area (Å²) in [6.45, 7) is 0.886. The zero-order valence-electron chi connectivity index (χ0n) is 11.8. The third kappa shape index (κ3) is 2.52. The molecule has 0 saturated carbocycles. The number of sulfonamides is 1. The van der Waals surface area contributed by atoms with Crippen LogP contribution in [-0.4, -0.2) is 31.3 Å². The highest BCUT2D eigenvalue weighted by Gasteiger charge is 2.30. The Morgan fingerprint density at radius 3 is 2.67 bits per heavy atom. The lowest BCUT2D eigenvalue weighted by atomic mass is 10.0. The molecule has 0 unspecified atom stereocenters. The lowest BCUT2D eigenvalue weighted by Crippen LogP contribution is -2.36. The van der Waals surface area contributed by atoms with Crippen LogP contribution < -0.4 is 5.32 Å². The molecule has 2 heterocycles. The number of rotatable bonds is 3. The van der Waals surface area contributed by atoms with E-state index in [1.54, 1.807) is 19.2 Å². The summed E-state index contributed by atoms with van der Waals surface area (Å²) in [5, 5.41) is 2.98. The van der Waals surface area contributed by atoms with E-state index in [-0.39, 0.29) is 5.03 Å². The van der Waals surface area contributed by atoms with E-state index in [9.17, 15) is 8.42 Å². The highest BCUT2D eigenvalue weighted by molar-refractivity contribution is 7.89.